The van der Waals surface area contributed by atoms with Crippen LogP contribution in [-0.4, -0.2) is 27.5 Å². The summed E-state index contributed by atoms with van der Waals surface area (Å²) in [6, 6.07) is 0.246. The first-order chi connectivity index (χ1) is 8.01. The van der Waals surface area contributed by atoms with Crippen molar-refractivity contribution < 1.29 is 5.11 Å². The highest BCUT2D eigenvalue weighted by Gasteiger charge is 2.15. The highest BCUT2D eigenvalue weighted by molar-refractivity contribution is 6.31. The summed E-state index contributed by atoms with van der Waals surface area (Å²) in [6.45, 7) is 6.98. The molecule has 2 unspecified atom stereocenters. The van der Waals surface area contributed by atoms with Crippen molar-refractivity contribution in [1.82, 2.24) is 15.1 Å². The molecule has 0 aromatic carbocycles. The highest BCUT2D eigenvalue weighted by atomic mass is 35.5. The molecule has 5 heteroatoms. The van der Waals surface area contributed by atoms with E-state index in [2.05, 4.69) is 17.3 Å². The molecule has 0 saturated heterocycles. The number of rotatable bonds is 6. The van der Waals surface area contributed by atoms with Crippen molar-refractivity contribution in [2.45, 2.75) is 39.8 Å². The van der Waals surface area contributed by atoms with Gasteiger partial charge in [-0.2, -0.15) is 5.10 Å². The maximum Gasteiger partial charge on any atom is 0.0863 e. The molecule has 1 aromatic rings. The van der Waals surface area contributed by atoms with Crippen LogP contribution in [0.25, 0.3) is 0 Å². The quantitative estimate of drug-likeness (QED) is 0.818. The fourth-order valence-corrected chi connectivity index (χ4v) is 1.99. The lowest BCUT2D eigenvalue weighted by atomic mass is 10.1. The van der Waals surface area contributed by atoms with Crippen LogP contribution in [0.5, 0.6) is 0 Å². The second kappa shape index (κ2) is 6.38. The van der Waals surface area contributed by atoms with E-state index in [0.717, 1.165) is 22.8 Å². The van der Waals surface area contributed by atoms with Gasteiger partial charge in [0.05, 0.1) is 16.4 Å². The molecule has 1 aromatic heterocycles. The average molecular weight is 260 g/mol. The predicted molar refractivity (Wildman–Crippen MR) is 70.1 cm³/mol. The Morgan fingerprint density at radius 2 is 2.12 bits per heavy atom. The van der Waals surface area contributed by atoms with Gasteiger partial charge in [-0.25, -0.2) is 0 Å². The Morgan fingerprint density at radius 1 is 1.47 bits per heavy atom. The Kier molecular flexibility index (Phi) is 5.43. The summed E-state index contributed by atoms with van der Waals surface area (Å²) in [6.07, 6.45) is 0.843. The first kappa shape index (κ1) is 14.5. The van der Waals surface area contributed by atoms with E-state index < -0.39 is 0 Å². The zero-order chi connectivity index (χ0) is 13.0. The predicted octanol–water partition coefficient (Wildman–Crippen LogP) is 1.74. The van der Waals surface area contributed by atoms with Crippen LogP contribution < -0.4 is 5.32 Å². The molecule has 4 nitrogen and oxygen atoms in total. The van der Waals surface area contributed by atoms with Crippen molar-refractivity contribution in [3.05, 3.63) is 16.4 Å². The molecule has 98 valence electrons. The van der Waals surface area contributed by atoms with Crippen LogP contribution in [0.3, 0.4) is 0 Å². The summed E-state index contributed by atoms with van der Waals surface area (Å²) in [7, 11) is 1.90. The standard InChI is InChI=1S/C12H22ClN3O/c1-5-10-12(13)11(16(4)15-10)6-14-9(3)8(2)7-17/h8-9,14,17H,5-7H2,1-4H3. The topological polar surface area (TPSA) is 50.1 Å². The van der Waals surface area contributed by atoms with Gasteiger partial charge in [-0.05, 0) is 19.3 Å². The number of nitrogens with one attached hydrogen (secondary N) is 1. The molecular formula is C12H22ClN3O. The molecule has 0 radical (unpaired) electrons. The van der Waals surface area contributed by atoms with E-state index in [0.29, 0.717) is 6.54 Å². The normalized spacial score (nSPS) is 14.9. The lowest BCUT2D eigenvalue weighted by molar-refractivity contribution is 0.206. The molecule has 17 heavy (non-hydrogen) atoms. The number of halogens is 1. The number of aryl methyl sites for hydroxylation is 2. The lowest BCUT2D eigenvalue weighted by Crippen LogP contribution is -2.34. The van der Waals surface area contributed by atoms with E-state index >= 15 is 0 Å². The zero-order valence-corrected chi connectivity index (χ0v) is 11.8. The molecule has 0 fully saturated rings. The summed E-state index contributed by atoms with van der Waals surface area (Å²) in [5, 5.41) is 17.6. The molecule has 0 amide bonds. The van der Waals surface area contributed by atoms with Gasteiger partial charge in [0.1, 0.15) is 0 Å². The number of hydrogen-bond acceptors (Lipinski definition) is 3. The van der Waals surface area contributed by atoms with E-state index in [1.807, 2.05) is 25.6 Å². The van der Waals surface area contributed by atoms with Crippen molar-refractivity contribution in [3.63, 3.8) is 0 Å². The molecule has 0 spiro atoms. The average Bonchev–Trinajstić information content (AvgIpc) is 2.60. The first-order valence-electron chi connectivity index (χ1n) is 6.05. The largest absolute Gasteiger partial charge is 0.396 e. The Morgan fingerprint density at radius 3 is 2.59 bits per heavy atom. The maximum atomic E-state index is 9.07. The molecule has 1 heterocycles. The van der Waals surface area contributed by atoms with Crippen LogP contribution in [0.4, 0.5) is 0 Å². The monoisotopic (exact) mass is 259 g/mol. The van der Waals surface area contributed by atoms with Crippen LogP contribution >= 0.6 is 11.6 Å². The number of hydrogen-bond donors (Lipinski definition) is 2. The van der Waals surface area contributed by atoms with Gasteiger partial charge >= 0.3 is 0 Å². The van der Waals surface area contributed by atoms with E-state index in [1.165, 1.54) is 0 Å². The molecule has 0 aliphatic rings. The van der Waals surface area contributed by atoms with E-state index in [-0.39, 0.29) is 18.6 Å². The Bertz CT molecular complexity index is 365. The molecule has 0 aliphatic carbocycles. The SMILES string of the molecule is CCc1nn(C)c(CNC(C)C(C)CO)c1Cl. The van der Waals surface area contributed by atoms with E-state index in [1.54, 1.807) is 0 Å². The molecule has 1 rings (SSSR count). The summed E-state index contributed by atoms with van der Waals surface area (Å²) in [5.74, 6) is 0.229. The Balaban J connectivity index is 2.66. The first-order valence-corrected chi connectivity index (χ1v) is 6.43. The van der Waals surface area contributed by atoms with Crippen molar-refractivity contribution in [2.24, 2.45) is 13.0 Å². The minimum Gasteiger partial charge on any atom is -0.396 e. The minimum atomic E-state index is 0.188. The molecule has 2 N–H and O–H groups in total. The van der Waals surface area contributed by atoms with Crippen LogP contribution in [0.15, 0.2) is 0 Å². The molecule has 0 aliphatic heterocycles. The van der Waals surface area contributed by atoms with Crippen LogP contribution in [-0.2, 0) is 20.0 Å². The fourth-order valence-electron chi connectivity index (χ4n) is 1.63. The van der Waals surface area contributed by atoms with E-state index in [9.17, 15) is 0 Å². The van der Waals surface area contributed by atoms with Crippen molar-refractivity contribution in [2.75, 3.05) is 6.61 Å². The Labute approximate surface area is 108 Å². The zero-order valence-electron chi connectivity index (χ0n) is 11.0. The van der Waals surface area contributed by atoms with Crippen molar-refractivity contribution in [1.29, 1.82) is 0 Å². The van der Waals surface area contributed by atoms with Gasteiger partial charge in [0, 0.05) is 26.2 Å². The molecule has 0 saturated carbocycles. The summed E-state index contributed by atoms with van der Waals surface area (Å²) in [5.41, 5.74) is 1.94. The minimum absolute atomic E-state index is 0.188. The summed E-state index contributed by atoms with van der Waals surface area (Å²) < 4.78 is 1.82. The van der Waals surface area contributed by atoms with Gasteiger partial charge in [-0.1, -0.05) is 25.4 Å². The maximum absolute atomic E-state index is 9.07. The van der Waals surface area contributed by atoms with Crippen molar-refractivity contribution >= 4 is 11.6 Å². The van der Waals surface area contributed by atoms with Gasteiger partial charge in [-0.15, -0.1) is 0 Å². The highest BCUT2D eigenvalue weighted by Crippen LogP contribution is 2.20. The third kappa shape index (κ3) is 3.44. The van der Waals surface area contributed by atoms with Crippen LogP contribution in [0.2, 0.25) is 5.02 Å². The fraction of sp³-hybridized carbons (Fsp3) is 0.750. The second-order valence-corrected chi connectivity index (χ2v) is 4.89. The smallest absolute Gasteiger partial charge is 0.0863 e. The lowest BCUT2D eigenvalue weighted by Gasteiger charge is -2.19. The molecule has 2 atom stereocenters. The van der Waals surface area contributed by atoms with Crippen molar-refractivity contribution in [3.8, 4) is 0 Å². The van der Waals surface area contributed by atoms with Gasteiger partial charge in [0.2, 0.25) is 0 Å². The third-order valence-electron chi connectivity index (χ3n) is 3.24. The third-order valence-corrected chi connectivity index (χ3v) is 3.67. The van der Waals surface area contributed by atoms with Crippen LogP contribution in [0, 0.1) is 5.92 Å². The van der Waals surface area contributed by atoms with Gasteiger partial charge in [0.15, 0.2) is 0 Å². The van der Waals surface area contributed by atoms with Gasteiger partial charge in [0.25, 0.3) is 0 Å². The van der Waals surface area contributed by atoms with Gasteiger partial charge in [-0.3, -0.25) is 4.68 Å². The van der Waals surface area contributed by atoms with E-state index in [4.69, 9.17) is 16.7 Å². The molecular weight excluding hydrogens is 238 g/mol. The molecule has 0 bridgehead atoms. The number of nitrogens with zero attached hydrogens (tertiary/aromatic N) is 2. The Hall–Kier alpha value is -0.580. The number of aromatic nitrogens is 2. The number of aliphatic hydroxyl groups excluding tert-OH is 1. The summed E-state index contributed by atoms with van der Waals surface area (Å²) >= 11 is 6.25. The number of aliphatic hydroxyl groups is 1. The van der Waals surface area contributed by atoms with Gasteiger partial charge < -0.3 is 10.4 Å². The second-order valence-electron chi connectivity index (χ2n) is 4.51. The van der Waals surface area contributed by atoms with Crippen LogP contribution in [0.1, 0.15) is 32.2 Å². The summed E-state index contributed by atoms with van der Waals surface area (Å²) in [4.78, 5) is 0.